The first-order chi connectivity index (χ1) is 13.6. The van der Waals surface area contributed by atoms with Crippen molar-refractivity contribution in [2.24, 2.45) is 0 Å². The molecule has 1 aromatic carbocycles. The number of carbonyl (C=O) groups is 2. The maximum absolute atomic E-state index is 12.2. The van der Waals surface area contributed by atoms with Crippen LogP contribution in [0.3, 0.4) is 0 Å². The van der Waals surface area contributed by atoms with Gasteiger partial charge in [-0.05, 0) is 32.9 Å². The van der Waals surface area contributed by atoms with Crippen LogP contribution in [0.2, 0.25) is 0 Å². The second-order valence-corrected chi connectivity index (χ2v) is 10.2. The van der Waals surface area contributed by atoms with Crippen molar-refractivity contribution in [1.29, 1.82) is 0 Å². The molecule has 8 nitrogen and oxygen atoms in total. The molecule has 2 amide bonds. The Morgan fingerprint density at radius 3 is 2.28 bits per heavy atom. The zero-order valence-electron chi connectivity index (χ0n) is 17.4. The zero-order valence-corrected chi connectivity index (χ0v) is 18.2. The Bertz CT molecular complexity index is 782. The highest BCUT2D eigenvalue weighted by atomic mass is 32.2. The monoisotopic (exact) mass is 425 g/mol. The third kappa shape index (κ3) is 8.02. The van der Waals surface area contributed by atoms with Crippen molar-refractivity contribution in [2.45, 2.75) is 37.7 Å². The Labute approximate surface area is 173 Å². The van der Waals surface area contributed by atoms with Gasteiger partial charge in [-0.2, -0.15) is 0 Å². The fourth-order valence-corrected chi connectivity index (χ4v) is 4.16. The minimum absolute atomic E-state index is 0.0658. The van der Waals surface area contributed by atoms with Crippen LogP contribution in [-0.4, -0.2) is 80.8 Å². The molecule has 1 N–H and O–H groups in total. The third-order valence-electron chi connectivity index (χ3n) is 4.47. The summed E-state index contributed by atoms with van der Waals surface area (Å²) in [4.78, 5) is 28.1. The first kappa shape index (κ1) is 23.2. The summed E-state index contributed by atoms with van der Waals surface area (Å²) in [6, 6.07) is 8.14. The Morgan fingerprint density at radius 1 is 1.07 bits per heavy atom. The molecule has 0 atom stereocenters. The smallest absolute Gasteiger partial charge is 0.410 e. The van der Waals surface area contributed by atoms with Crippen LogP contribution in [0.5, 0.6) is 0 Å². The molecule has 0 aliphatic carbocycles. The van der Waals surface area contributed by atoms with Crippen LogP contribution in [0.15, 0.2) is 35.2 Å². The van der Waals surface area contributed by atoms with E-state index in [0.29, 0.717) is 39.3 Å². The number of nitrogens with one attached hydrogen (secondary N) is 1. The molecular formula is C20H31N3O5S. The average Bonchev–Trinajstić information content (AvgIpc) is 2.66. The Kier molecular flexibility index (Phi) is 8.04. The number of amides is 2. The minimum atomic E-state index is -3.45. The summed E-state index contributed by atoms with van der Waals surface area (Å²) < 4.78 is 29.8. The van der Waals surface area contributed by atoms with Gasteiger partial charge in [-0.15, -0.1) is 0 Å². The lowest BCUT2D eigenvalue weighted by Crippen LogP contribution is -2.51. The summed E-state index contributed by atoms with van der Waals surface area (Å²) >= 11 is 0. The summed E-state index contributed by atoms with van der Waals surface area (Å²) in [5.41, 5.74) is -0.507. The van der Waals surface area contributed by atoms with Gasteiger partial charge >= 0.3 is 6.09 Å². The molecular weight excluding hydrogens is 394 g/mol. The number of carbonyl (C=O) groups excluding carboxylic acids is 2. The van der Waals surface area contributed by atoms with Crippen molar-refractivity contribution in [3.63, 3.8) is 0 Å². The normalized spacial score (nSPS) is 15.8. The van der Waals surface area contributed by atoms with Gasteiger partial charge in [-0.3, -0.25) is 9.69 Å². The van der Waals surface area contributed by atoms with Gasteiger partial charge in [-0.25, -0.2) is 13.2 Å². The first-order valence-corrected chi connectivity index (χ1v) is 11.5. The van der Waals surface area contributed by atoms with Gasteiger partial charge in [0.1, 0.15) is 5.60 Å². The highest BCUT2D eigenvalue weighted by molar-refractivity contribution is 7.91. The van der Waals surface area contributed by atoms with Crippen molar-refractivity contribution in [2.75, 3.05) is 45.0 Å². The predicted molar refractivity (Wildman–Crippen MR) is 110 cm³/mol. The minimum Gasteiger partial charge on any atom is -0.444 e. The van der Waals surface area contributed by atoms with E-state index in [2.05, 4.69) is 10.2 Å². The Morgan fingerprint density at radius 2 is 1.69 bits per heavy atom. The second kappa shape index (κ2) is 10.1. The fourth-order valence-electron chi connectivity index (χ4n) is 2.90. The Balaban J connectivity index is 1.64. The van der Waals surface area contributed by atoms with Crippen LogP contribution in [-0.2, 0) is 19.4 Å². The summed E-state index contributed by atoms with van der Waals surface area (Å²) in [5.74, 6) is -0.492. The van der Waals surface area contributed by atoms with E-state index in [0.717, 1.165) is 0 Å². The van der Waals surface area contributed by atoms with Crippen molar-refractivity contribution >= 4 is 21.8 Å². The number of nitrogens with zero attached hydrogens (tertiary/aromatic N) is 2. The van der Waals surface area contributed by atoms with E-state index in [9.17, 15) is 18.0 Å². The average molecular weight is 426 g/mol. The van der Waals surface area contributed by atoms with Gasteiger partial charge in [0.05, 0.1) is 10.6 Å². The fraction of sp³-hybridized carbons (Fsp3) is 0.600. The van der Waals surface area contributed by atoms with Crippen molar-refractivity contribution in [1.82, 2.24) is 15.1 Å². The largest absolute Gasteiger partial charge is 0.444 e. The second-order valence-electron chi connectivity index (χ2n) is 8.04. The SMILES string of the molecule is CC(C)(C)OC(=O)N1CCN(CCNC(=O)CCS(=O)(=O)c2ccccc2)CC1. The number of hydrogen-bond donors (Lipinski definition) is 1. The van der Waals surface area contributed by atoms with E-state index in [4.69, 9.17) is 4.74 Å². The van der Waals surface area contributed by atoms with Crippen molar-refractivity contribution in [3.8, 4) is 0 Å². The standard InChI is InChI=1S/C20H31N3O5S/c1-20(2,3)28-19(25)23-14-12-22(13-15-23)11-10-21-18(24)9-16-29(26,27)17-7-5-4-6-8-17/h4-8H,9-16H2,1-3H3,(H,21,24). The first-order valence-electron chi connectivity index (χ1n) is 9.82. The molecule has 0 unspecified atom stereocenters. The number of hydrogen-bond acceptors (Lipinski definition) is 6. The lowest BCUT2D eigenvalue weighted by molar-refractivity contribution is -0.120. The molecule has 1 aliphatic heterocycles. The zero-order chi connectivity index (χ0) is 21.5. The van der Waals surface area contributed by atoms with Gasteiger partial charge in [0, 0.05) is 45.7 Å². The number of ether oxygens (including phenoxy) is 1. The molecule has 162 valence electrons. The molecule has 1 saturated heterocycles. The van der Waals surface area contributed by atoms with Crippen LogP contribution in [0.25, 0.3) is 0 Å². The highest BCUT2D eigenvalue weighted by Crippen LogP contribution is 2.12. The number of rotatable bonds is 7. The molecule has 1 heterocycles. The van der Waals surface area contributed by atoms with Gasteiger partial charge in [0.25, 0.3) is 0 Å². The van der Waals surface area contributed by atoms with Crippen molar-refractivity contribution in [3.05, 3.63) is 30.3 Å². The van der Waals surface area contributed by atoms with E-state index in [1.165, 1.54) is 12.1 Å². The van der Waals surface area contributed by atoms with Crippen LogP contribution in [0.4, 0.5) is 4.79 Å². The molecule has 2 rings (SSSR count). The van der Waals surface area contributed by atoms with E-state index in [1.807, 2.05) is 20.8 Å². The molecule has 0 bridgehead atoms. The lowest BCUT2D eigenvalue weighted by Gasteiger charge is -2.35. The molecule has 1 aromatic rings. The van der Waals surface area contributed by atoms with Gasteiger partial charge in [-0.1, -0.05) is 18.2 Å². The maximum atomic E-state index is 12.2. The molecule has 0 saturated carbocycles. The maximum Gasteiger partial charge on any atom is 0.410 e. The molecule has 0 aromatic heterocycles. The summed E-state index contributed by atoms with van der Waals surface area (Å²) in [6.45, 7) is 9.19. The summed E-state index contributed by atoms with van der Waals surface area (Å²) in [5, 5.41) is 2.77. The molecule has 29 heavy (non-hydrogen) atoms. The third-order valence-corrected chi connectivity index (χ3v) is 6.21. The van der Waals surface area contributed by atoms with E-state index >= 15 is 0 Å². The molecule has 9 heteroatoms. The topological polar surface area (TPSA) is 96.0 Å². The molecule has 1 fully saturated rings. The lowest BCUT2D eigenvalue weighted by atomic mass is 10.2. The van der Waals surface area contributed by atoms with Gasteiger partial charge < -0.3 is 15.0 Å². The van der Waals surface area contributed by atoms with Crippen LogP contribution < -0.4 is 5.32 Å². The summed E-state index contributed by atoms with van der Waals surface area (Å²) in [7, 11) is -3.45. The van der Waals surface area contributed by atoms with Crippen LogP contribution >= 0.6 is 0 Å². The van der Waals surface area contributed by atoms with Crippen molar-refractivity contribution < 1.29 is 22.7 Å². The van der Waals surface area contributed by atoms with E-state index in [-0.39, 0.29) is 29.1 Å². The molecule has 0 spiro atoms. The highest BCUT2D eigenvalue weighted by Gasteiger charge is 2.25. The van der Waals surface area contributed by atoms with Gasteiger partial charge in [0.2, 0.25) is 5.91 Å². The molecule has 1 aliphatic rings. The van der Waals surface area contributed by atoms with E-state index in [1.54, 1.807) is 23.1 Å². The number of sulfone groups is 1. The Hall–Kier alpha value is -2.13. The number of benzene rings is 1. The molecule has 0 radical (unpaired) electrons. The number of piperazine rings is 1. The van der Waals surface area contributed by atoms with E-state index < -0.39 is 15.4 Å². The van der Waals surface area contributed by atoms with Crippen LogP contribution in [0, 0.1) is 0 Å². The quantitative estimate of drug-likeness (QED) is 0.712. The van der Waals surface area contributed by atoms with Gasteiger partial charge in [0.15, 0.2) is 9.84 Å². The predicted octanol–water partition coefficient (Wildman–Crippen LogP) is 1.52. The summed E-state index contributed by atoms with van der Waals surface area (Å²) in [6.07, 6.45) is -0.367. The van der Waals surface area contributed by atoms with Crippen LogP contribution in [0.1, 0.15) is 27.2 Å².